The normalized spacial score (nSPS) is 17.9. The van der Waals surface area contributed by atoms with Gasteiger partial charge < -0.3 is 37.0 Å². The lowest BCUT2D eigenvalue weighted by Gasteiger charge is -2.28. The van der Waals surface area contributed by atoms with E-state index in [0.717, 1.165) is 0 Å². The number of amides is 5. The highest BCUT2D eigenvalue weighted by Gasteiger charge is 2.37. The molecule has 1 aliphatic rings. The predicted molar refractivity (Wildman–Crippen MR) is 126 cm³/mol. The highest BCUT2D eigenvalue weighted by atomic mass is 16.4. The molecule has 0 radical (unpaired) electrons. The first-order valence-corrected chi connectivity index (χ1v) is 11.7. The molecule has 13 heteroatoms. The molecule has 0 aromatic heterocycles. The van der Waals surface area contributed by atoms with E-state index in [9.17, 15) is 28.8 Å². The molecule has 4 atom stereocenters. The van der Waals surface area contributed by atoms with Crippen LogP contribution in [0.4, 0.5) is 0 Å². The van der Waals surface area contributed by atoms with Crippen LogP contribution in [0.25, 0.3) is 0 Å². The molecule has 0 aromatic rings. The molecule has 1 heterocycles. The van der Waals surface area contributed by atoms with E-state index in [2.05, 4.69) is 21.3 Å². The van der Waals surface area contributed by atoms with Gasteiger partial charge in [-0.3, -0.25) is 28.8 Å². The summed E-state index contributed by atoms with van der Waals surface area (Å²) in [5.74, 6) is -4.36. The van der Waals surface area contributed by atoms with Crippen molar-refractivity contribution in [3.8, 4) is 0 Å². The molecule has 0 spiro atoms. The molecule has 1 fully saturated rings. The minimum absolute atomic E-state index is 0.0822. The van der Waals surface area contributed by atoms with Gasteiger partial charge in [0.25, 0.3) is 0 Å². The van der Waals surface area contributed by atoms with Crippen molar-refractivity contribution < 1.29 is 33.9 Å². The Labute approximate surface area is 204 Å². The van der Waals surface area contributed by atoms with Gasteiger partial charge in [-0.25, -0.2) is 0 Å². The van der Waals surface area contributed by atoms with E-state index >= 15 is 0 Å². The average Bonchev–Trinajstić information content (AvgIpc) is 3.28. The van der Waals surface area contributed by atoms with Gasteiger partial charge in [-0.05, 0) is 31.6 Å². The molecule has 5 amide bonds. The number of carboxylic acids is 1. The van der Waals surface area contributed by atoms with Gasteiger partial charge >= 0.3 is 5.97 Å². The average molecular weight is 499 g/mol. The number of carboxylic acid groups (broad SMARTS) is 1. The molecule has 0 bridgehead atoms. The van der Waals surface area contributed by atoms with Gasteiger partial charge in [0.05, 0.1) is 12.6 Å². The minimum atomic E-state index is -1.22. The molecule has 13 nitrogen and oxygen atoms in total. The van der Waals surface area contributed by atoms with Crippen molar-refractivity contribution in [1.82, 2.24) is 26.2 Å². The Balaban J connectivity index is 2.59. The van der Waals surface area contributed by atoms with Crippen molar-refractivity contribution in [2.45, 2.75) is 71.6 Å². The number of likely N-dealkylation sites (tertiary alicyclic amines) is 1. The third-order valence-corrected chi connectivity index (χ3v) is 5.70. The highest BCUT2D eigenvalue weighted by Crippen LogP contribution is 2.19. The van der Waals surface area contributed by atoms with Crippen LogP contribution >= 0.6 is 0 Å². The summed E-state index contributed by atoms with van der Waals surface area (Å²) >= 11 is 0. The largest absolute Gasteiger partial charge is 0.480 e. The second-order valence-electron chi connectivity index (χ2n) is 9.31. The molecule has 0 saturated carbocycles. The first-order chi connectivity index (χ1) is 16.3. The monoisotopic (exact) mass is 498 g/mol. The zero-order valence-corrected chi connectivity index (χ0v) is 20.9. The Kier molecular flexibility index (Phi) is 11.6. The lowest BCUT2D eigenvalue weighted by atomic mass is 10.0. The summed E-state index contributed by atoms with van der Waals surface area (Å²) in [7, 11) is 0. The van der Waals surface area contributed by atoms with Crippen molar-refractivity contribution >= 4 is 35.5 Å². The number of rotatable bonds is 12. The summed E-state index contributed by atoms with van der Waals surface area (Å²) in [5, 5.41) is 18.3. The maximum absolute atomic E-state index is 12.7. The van der Waals surface area contributed by atoms with Gasteiger partial charge in [-0.1, -0.05) is 27.7 Å². The van der Waals surface area contributed by atoms with Crippen molar-refractivity contribution in [2.24, 2.45) is 17.6 Å². The molecule has 1 rings (SSSR count). The zero-order valence-electron chi connectivity index (χ0n) is 20.9. The van der Waals surface area contributed by atoms with E-state index in [-0.39, 0.29) is 17.7 Å². The molecule has 35 heavy (non-hydrogen) atoms. The maximum atomic E-state index is 12.7. The molecule has 0 aromatic carbocycles. The fraction of sp³-hybridized carbons (Fsp3) is 0.727. The molecule has 0 unspecified atom stereocenters. The van der Waals surface area contributed by atoms with E-state index in [1.165, 1.54) is 11.8 Å². The van der Waals surface area contributed by atoms with E-state index in [1.54, 1.807) is 13.8 Å². The number of nitrogens with two attached hydrogens (primary N) is 1. The molecule has 7 N–H and O–H groups in total. The number of nitrogens with one attached hydrogen (secondary N) is 4. The van der Waals surface area contributed by atoms with E-state index in [0.29, 0.717) is 19.4 Å². The number of nitrogens with zero attached hydrogens (tertiary/aromatic N) is 1. The van der Waals surface area contributed by atoms with Crippen LogP contribution in [0.2, 0.25) is 0 Å². The van der Waals surface area contributed by atoms with Crippen LogP contribution in [0.1, 0.15) is 47.5 Å². The Bertz CT molecular complexity index is 816. The number of hydrogen-bond donors (Lipinski definition) is 6. The predicted octanol–water partition coefficient (Wildman–Crippen LogP) is -2.08. The molecular weight excluding hydrogens is 460 g/mol. The Hall–Kier alpha value is -3.22. The third-order valence-electron chi connectivity index (χ3n) is 5.70. The van der Waals surface area contributed by atoms with Crippen LogP contribution in [-0.4, -0.2) is 89.3 Å². The number of carbonyl (C=O) groups is 6. The lowest BCUT2D eigenvalue weighted by Crippen LogP contribution is -2.56. The second kappa shape index (κ2) is 13.6. The number of carbonyl (C=O) groups excluding carboxylic acids is 5. The summed E-state index contributed by atoms with van der Waals surface area (Å²) in [6.45, 7) is 7.81. The maximum Gasteiger partial charge on any atom is 0.322 e. The summed E-state index contributed by atoms with van der Waals surface area (Å²) in [6, 6.07) is -3.41. The highest BCUT2D eigenvalue weighted by molar-refractivity contribution is 5.95. The van der Waals surface area contributed by atoms with Gasteiger partial charge in [0.2, 0.25) is 29.5 Å². The van der Waals surface area contributed by atoms with E-state index < -0.39 is 66.9 Å². The van der Waals surface area contributed by atoms with Gasteiger partial charge in [0, 0.05) is 6.54 Å². The van der Waals surface area contributed by atoms with E-state index in [4.69, 9.17) is 10.8 Å². The van der Waals surface area contributed by atoms with Crippen LogP contribution in [0.3, 0.4) is 0 Å². The van der Waals surface area contributed by atoms with Crippen LogP contribution in [0, 0.1) is 11.8 Å². The third kappa shape index (κ3) is 9.15. The van der Waals surface area contributed by atoms with Gasteiger partial charge in [-0.15, -0.1) is 0 Å². The van der Waals surface area contributed by atoms with Gasteiger partial charge in [0.15, 0.2) is 0 Å². The topological polar surface area (TPSA) is 200 Å². The Morgan fingerprint density at radius 3 is 2.06 bits per heavy atom. The number of hydrogen-bond acceptors (Lipinski definition) is 7. The lowest BCUT2D eigenvalue weighted by molar-refractivity contribution is -0.141. The second-order valence-corrected chi connectivity index (χ2v) is 9.31. The summed E-state index contributed by atoms with van der Waals surface area (Å²) in [6.07, 6.45) is 1.10. The fourth-order valence-electron chi connectivity index (χ4n) is 3.51. The first-order valence-electron chi connectivity index (χ1n) is 11.7. The van der Waals surface area contributed by atoms with Crippen molar-refractivity contribution in [1.29, 1.82) is 0 Å². The van der Waals surface area contributed by atoms with Crippen molar-refractivity contribution in [3.05, 3.63) is 0 Å². The molecular formula is C22H38N6O7. The van der Waals surface area contributed by atoms with Crippen LogP contribution < -0.4 is 27.0 Å². The summed E-state index contributed by atoms with van der Waals surface area (Å²) < 4.78 is 0. The quantitative estimate of drug-likeness (QED) is 0.176. The van der Waals surface area contributed by atoms with Crippen LogP contribution in [0.5, 0.6) is 0 Å². The first kappa shape index (κ1) is 29.8. The van der Waals surface area contributed by atoms with E-state index in [1.807, 2.05) is 13.8 Å². The Morgan fingerprint density at radius 1 is 0.914 bits per heavy atom. The fourth-order valence-corrected chi connectivity index (χ4v) is 3.51. The standard InChI is InChI=1S/C22H38N6O7/c1-11(2)17(23)22(35)28-8-6-7-14(28)20(33)26-13(5)19(32)24-9-15(29)27-18(12(3)4)21(34)25-10-16(30)31/h11-14,17-18H,6-10,23H2,1-5H3,(H,24,32)(H,25,34)(H,26,33)(H,27,29)(H,30,31)/t13-,14-,17-,18-/m0/s1. The summed E-state index contributed by atoms with van der Waals surface area (Å²) in [5.41, 5.74) is 5.95. The summed E-state index contributed by atoms with van der Waals surface area (Å²) in [4.78, 5) is 74.1. The number of aliphatic carboxylic acids is 1. The SMILES string of the molecule is CC(C)[C@H](N)C(=O)N1CCC[C@H]1C(=O)N[C@@H](C)C(=O)NCC(=O)N[C@H](C(=O)NCC(=O)O)C(C)C. The smallest absolute Gasteiger partial charge is 0.322 e. The zero-order chi connectivity index (χ0) is 26.9. The Morgan fingerprint density at radius 2 is 1.51 bits per heavy atom. The molecule has 198 valence electrons. The van der Waals surface area contributed by atoms with Crippen molar-refractivity contribution in [2.75, 3.05) is 19.6 Å². The molecule has 1 saturated heterocycles. The van der Waals surface area contributed by atoms with Gasteiger partial charge in [0.1, 0.15) is 24.7 Å². The van der Waals surface area contributed by atoms with Crippen LogP contribution in [-0.2, 0) is 28.8 Å². The van der Waals surface area contributed by atoms with Gasteiger partial charge in [-0.2, -0.15) is 0 Å². The van der Waals surface area contributed by atoms with Crippen LogP contribution in [0.15, 0.2) is 0 Å². The minimum Gasteiger partial charge on any atom is -0.480 e. The molecule has 1 aliphatic heterocycles. The molecule has 0 aliphatic carbocycles. The van der Waals surface area contributed by atoms with Crippen molar-refractivity contribution in [3.63, 3.8) is 0 Å².